The number of hydrogen-bond donors (Lipinski definition) is 1. The van der Waals surface area contributed by atoms with Crippen LogP contribution < -0.4 is 4.18 Å². The quantitative estimate of drug-likeness (QED) is 0.704. The minimum atomic E-state index is -3.60. The van der Waals surface area contributed by atoms with Gasteiger partial charge in [0.1, 0.15) is 0 Å². The normalized spacial score (nSPS) is 11.2. The Morgan fingerprint density at radius 2 is 2.23 bits per heavy atom. The number of carboxylic acid groups (broad SMARTS) is 1. The molecule has 0 fully saturated rings. The summed E-state index contributed by atoms with van der Waals surface area (Å²) in [6.45, 7) is 0. The summed E-state index contributed by atoms with van der Waals surface area (Å²) in [4.78, 5) is 10.3. The van der Waals surface area contributed by atoms with Gasteiger partial charge in [0.2, 0.25) is 0 Å². The first-order chi connectivity index (χ1) is 5.88. The van der Waals surface area contributed by atoms with Gasteiger partial charge in [0.15, 0.2) is 5.75 Å². The van der Waals surface area contributed by atoms with E-state index in [1.54, 1.807) is 0 Å². The van der Waals surface area contributed by atoms with Crippen LogP contribution in [-0.4, -0.2) is 30.4 Å². The minimum absolute atomic E-state index is 0.0232. The molecule has 0 unspecified atom stereocenters. The molecule has 0 radical (unpaired) electrons. The van der Waals surface area contributed by atoms with Gasteiger partial charge in [-0.3, -0.25) is 4.57 Å². The first-order valence-corrected chi connectivity index (χ1v) is 5.01. The molecule has 0 amide bonds. The fourth-order valence-corrected chi connectivity index (χ4v) is 1.17. The van der Waals surface area contributed by atoms with Crippen molar-refractivity contribution < 1.29 is 22.5 Å². The number of hydrogen-bond acceptors (Lipinski definition) is 4. The highest BCUT2D eigenvalue weighted by Gasteiger charge is 2.07. The Balaban J connectivity index is 2.87. The van der Waals surface area contributed by atoms with Crippen LogP contribution in [0.4, 0.5) is 4.79 Å². The van der Waals surface area contributed by atoms with Crippen molar-refractivity contribution in [1.29, 1.82) is 0 Å². The molecule has 6 nitrogen and oxygen atoms in total. The predicted octanol–water partition coefficient (Wildman–Crippen LogP) is 0.353. The number of aromatic nitrogens is 1. The average molecular weight is 205 g/mol. The molecule has 0 atom stereocenters. The van der Waals surface area contributed by atoms with E-state index in [4.69, 9.17) is 5.11 Å². The van der Waals surface area contributed by atoms with Gasteiger partial charge in [-0.2, -0.15) is 8.42 Å². The molecule has 72 valence electrons. The van der Waals surface area contributed by atoms with Gasteiger partial charge < -0.3 is 9.29 Å². The maximum atomic E-state index is 10.6. The van der Waals surface area contributed by atoms with Gasteiger partial charge in [-0.25, -0.2) is 4.79 Å². The van der Waals surface area contributed by atoms with E-state index in [-0.39, 0.29) is 5.75 Å². The molecule has 1 aromatic heterocycles. The van der Waals surface area contributed by atoms with Crippen molar-refractivity contribution in [2.75, 3.05) is 6.26 Å². The van der Waals surface area contributed by atoms with Crippen LogP contribution >= 0.6 is 0 Å². The third kappa shape index (κ3) is 2.79. The lowest BCUT2D eigenvalue weighted by Gasteiger charge is -1.97. The Morgan fingerprint density at radius 1 is 1.62 bits per heavy atom. The molecule has 0 aromatic carbocycles. The monoisotopic (exact) mass is 205 g/mol. The van der Waals surface area contributed by atoms with Gasteiger partial charge in [0.05, 0.1) is 12.5 Å². The maximum absolute atomic E-state index is 10.6. The highest BCUT2D eigenvalue weighted by atomic mass is 32.2. The highest BCUT2D eigenvalue weighted by molar-refractivity contribution is 7.86. The topological polar surface area (TPSA) is 85.6 Å². The van der Waals surface area contributed by atoms with Gasteiger partial charge in [0, 0.05) is 12.3 Å². The summed E-state index contributed by atoms with van der Waals surface area (Å²) >= 11 is 0. The highest BCUT2D eigenvalue weighted by Crippen LogP contribution is 2.12. The van der Waals surface area contributed by atoms with Crippen LogP contribution in [0.2, 0.25) is 0 Å². The summed E-state index contributed by atoms with van der Waals surface area (Å²) in [5, 5.41) is 8.45. The molecule has 0 aliphatic heterocycles. The van der Waals surface area contributed by atoms with Crippen molar-refractivity contribution in [1.82, 2.24) is 4.57 Å². The van der Waals surface area contributed by atoms with Crippen LogP contribution in [0.1, 0.15) is 0 Å². The number of carbonyl (C=O) groups is 1. The molecule has 1 heterocycles. The molecule has 0 saturated carbocycles. The summed E-state index contributed by atoms with van der Waals surface area (Å²) < 4.78 is 26.4. The first-order valence-electron chi connectivity index (χ1n) is 3.19. The molecular formula is C6H7NO5S. The molecule has 0 bridgehead atoms. The van der Waals surface area contributed by atoms with E-state index in [0.29, 0.717) is 0 Å². The maximum Gasteiger partial charge on any atom is 0.415 e. The van der Waals surface area contributed by atoms with Crippen molar-refractivity contribution in [2.45, 2.75) is 0 Å². The lowest BCUT2D eigenvalue weighted by Crippen LogP contribution is -2.06. The van der Waals surface area contributed by atoms with E-state index in [1.165, 1.54) is 12.3 Å². The Kier molecular flexibility index (Phi) is 2.28. The van der Waals surface area contributed by atoms with Crippen molar-refractivity contribution in [3.05, 3.63) is 18.5 Å². The van der Waals surface area contributed by atoms with Crippen molar-refractivity contribution in [3.63, 3.8) is 0 Å². The Bertz CT molecular complexity index is 418. The molecule has 7 heteroatoms. The second kappa shape index (κ2) is 3.09. The summed E-state index contributed by atoms with van der Waals surface area (Å²) in [5.74, 6) is -0.0232. The number of rotatable bonds is 2. The third-order valence-electron chi connectivity index (χ3n) is 1.13. The smallest absolute Gasteiger partial charge is 0.415 e. The van der Waals surface area contributed by atoms with Gasteiger partial charge in [-0.05, 0) is 0 Å². The Morgan fingerprint density at radius 3 is 2.62 bits per heavy atom. The second-order valence-electron chi connectivity index (χ2n) is 2.32. The Hall–Kier alpha value is -1.50. The van der Waals surface area contributed by atoms with Crippen molar-refractivity contribution in [3.8, 4) is 5.75 Å². The molecule has 0 aliphatic rings. The molecule has 0 spiro atoms. The predicted molar refractivity (Wildman–Crippen MR) is 43.3 cm³/mol. The second-order valence-corrected chi connectivity index (χ2v) is 3.90. The van der Waals surface area contributed by atoms with E-state index < -0.39 is 16.2 Å². The van der Waals surface area contributed by atoms with Crippen LogP contribution in [-0.2, 0) is 10.1 Å². The van der Waals surface area contributed by atoms with E-state index in [1.807, 2.05) is 0 Å². The zero-order valence-electron chi connectivity index (χ0n) is 6.67. The van der Waals surface area contributed by atoms with E-state index >= 15 is 0 Å². The van der Waals surface area contributed by atoms with Crippen LogP contribution in [0.15, 0.2) is 18.5 Å². The summed E-state index contributed by atoms with van der Waals surface area (Å²) in [5.41, 5.74) is 0. The van der Waals surface area contributed by atoms with Gasteiger partial charge in [-0.1, -0.05) is 0 Å². The zero-order valence-corrected chi connectivity index (χ0v) is 7.48. The fraction of sp³-hybridized carbons (Fsp3) is 0.167. The van der Waals surface area contributed by atoms with E-state index in [0.717, 1.165) is 17.0 Å². The third-order valence-corrected chi connectivity index (χ3v) is 1.63. The van der Waals surface area contributed by atoms with E-state index in [9.17, 15) is 13.2 Å². The molecule has 0 saturated heterocycles. The number of nitrogens with zero attached hydrogens (tertiary/aromatic N) is 1. The lowest BCUT2D eigenvalue weighted by atomic mass is 10.6. The first kappa shape index (κ1) is 9.59. The van der Waals surface area contributed by atoms with Crippen LogP contribution in [0.3, 0.4) is 0 Å². The van der Waals surface area contributed by atoms with Crippen LogP contribution in [0.5, 0.6) is 5.75 Å². The summed E-state index contributed by atoms with van der Waals surface area (Å²) in [7, 11) is -3.60. The molecule has 0 aliphatic carbocycles. The van der Waals surface area contributed by atoms with E-state index in [2.05, 4.69) is 4.18 Å². The molecule has 1 rings (SSSR count). The largest absolute Gasteiger partial charge is 0.464 e. The standard InChI is InChI=1S/C6H7NO5S/c1-13(10,11)12-5-2-3-7(4-5)6(8)9/h2-4H,1H3,(H,8,9). The Labute approximate surface area is 74.5 Å². The molecule has 1 aromatic rings. The SMILES string of the molecule is CS(=O)(=O)Oc1ccn(C(=O)O)c1. The summed E-state index contributed by atoms with van der Waals surface area (Å²) in [6, 6.07) is 1.25. The van der Waals surface area contributed by atoms with Gasteiger partial charge >= 0.3 is 16.2 Å². The molecular weight excluding hydrogens is 198 g/mol. The van der Waals surface area contributed by atoms with Crippen molar-refractivity contribution in [2.24, 2.45) is 0 Å². The minimum Gasteiger partial charge on any atom is -0.464 e. The van der Waals surface area contributed by atoms with Crippen LogP contribution in [0, 0.1) is 0 Å². The van der Waals surface area contributed by atoms with Gasteiger partial charge in [-0.15, -0.1) is 0 Å². The average Bonchev–Trinajstić information content (AvgIpc) is 2.31. The lowest BCUT2D eigenvalue weighted by molar-refractivity contribution is 0.196. The summed E-state index contributed by atoms with van der Waals surface area (Å²) in [6.07, 6.45) is 1.92. The zero-order chi connectivity index (χ0) is 10.1. The molecule has 1 N–H and O–H groups in total. The molecule has 13 heavy (non-hydrogen) atoms. The van der Waals surface area contributed by atoms with Gasteiger partial charge in [0.25, 0.3) is 0 Å². The fourth-order valence-electron chi connectivity index (χ4n) is 0.720. The van der Waals surface area contributed by atoms with Crippen LogP contribution in [0.25, 0.3) is 0 Å². The van der Waals surface area contributed by atoms with Crippen molar-refractivity contribution >= 4 is 16.2 Å².